The van der Waals surface area contributed by atoms with E-state index in [1.807, 2.05) is 54.6 Å². The monoisotopic (exact) mass is 407 g/mol. The van der Waals surface area contributed by atoms with E-state index in [9.17, 15) is 0 Å². The van der Waals surface area contributed by atoms with E-state index >= 15 is 0 Å². The highest BCUT2D eigenvalue weighted by molar-refractivity contribution is 5.36. The molecule has 2 atom stereocenters. The van der Waals surface area contributed by atoms with Gasteiger partial charge in [-0.05, 0) is 48.5 Å². The van der Waals surface area contributed by atoms with Gasteiger partial charge in [0.1, 0.15) is 48.4 Å². The number of ether oxygens (including phenoxy) is 6. The average molecular weight is 407 g/mol. The van der Waals surface area contributed by atoms with E-state index in [1.165, 1.54) is 0 Å². The third-order valence-electron chi connectivity index (χ3n) is 4.47. The van der Waals surface area contributed by atoms with Crippen molar-refractivity contribution in [3.63, 3.8) is 0 Å². The van der Waals surface area contributed by atoms with E-state index < -0.39 is 0 Å². The SMILES string of the molecule is c1cc(Oc2ccc(OCC3CO3)cc2)nc(Oc2ccc(OCC3CO3)cc2)c1. The minimum atomic E-state index is 0.230. The first kappa shape index (κ1) is 18.7. The molecular weight excluding hydrogens is 386 g/mol. The van der Waals surface area contributed by atoms with E-state index in [1.54, 1.807) is 12.1 Å². The van der Waals surface area contributed by atoms with Crippen LogP contribution in [0.2, 0.25) is 0 Å². The normalized spacial score (nSPS) is 19.1. The Bertz CT molecular complexity index is 891. The second-order valence-electron chi connectivity index (χ2n) is 6.99. The Labute approximate surface area is 174 Å². The molecule has 154 valence electrons. The van der Waals surface area contributed by atoms with Gasteiger partial charge in [-0.25, -0.2) is 0 Å². The molecule has 0 radical (unpaired) electrons. The Kier molecular flexibility index (Phi) is 5.37. The van der Waals surface area contributed by atoms with Gasteiger partial charge in [0.25, 0.3) is 0 Å². The average Bonchev–Trinajstić information content (AvgIpc) is 3.69. The third kappa shape index (κ3) is 5.40. The highest BCUT2D eigenvalue weighted by Gasteiger charge is 2.23. The predicted octanol–water partition coefficient (Wildman–Crippen LogP) is 4.22. The van der Waals surface area contributed by atoms with Crippen LogP contribution in [0.15, 0.2) is 66.7 Å². The maximum absolute atomic E-state index is 5.83. The number of epoxide rings is 2. The highest BCUT2D eigenvalue weighted by Crippen LogP contribution is 2.27. The number of pyridine rings is 1. The molecule has 2 saturated heterocycles. The van der Waals surface area contributed by atoms with Crippen LogP contribution in [0, 0.1) is 0 Å². The molecule has 7 heteroatoms. The number of nitrogens with zero attached hydrogens (tertiary/aromatic N) is 1. The number of benzene rings is 2. The maximum atomic E-state index is 5.83. The Morgan fingerprint density at radius 2 is 1.03 bits per heavy atom. The van der Waals surface area contributed by atoms with Gasteiger partial charge in [-0.2, -0.15) is 4.98 Å². The lowest BCUT2D eigenvalue weighted by Gasteiger charge is -2.09. The van der Waals surface area contributed by atoms with Gasteiger partial charge < -0.3 is 28.4 Å². The Morgan fingerprint density at radius 1 is 0.633 bits per heavy atom. The smallest absolute Gasteiger partial charge is 0.222 e. The largest absolute Gasteiger partial charge is 0.491 e. The van der Waals surface area contributed by atoms with Gasteiger partial charge in [-0.15, -0.1) is 0 Å². The summed E-state index contributed by atoms with van der Waals surface area (Å²) in [6, 6.07) is 20.2. The first-order chi connectivity index (χ1) is 14.8. The first-order valence-corrected chi connectivity index (χ1v) is 9.82. The van der Waals surface area contributed by atoms with Crippen molar-refractivity contribution in [2.24, 2.45) is 0 Å². The highest BCUT2D eigenvalue weighted by atomic mass is 16.6. The fourth-order valence-electron chi connectivity index (χ4n) is 2.67. The van der Waals surface area contributed by atoms with E-state index in [4.69, 9.17) is 28.4 Å². The topological polar surface area (TPSA) is 74.9 Å². The minimum Gasteiger partial charge on any atom is -0.491 e. The summed E-state index contributed by atoms with van der Waals surface area (Å²) in [5.74, 6) is 3.76. The van der Waals surface area contributed by atoms with Crippen LogP contribution >= 0.6 is 0 Å². The molecule has 0 amide bonds. The number of rotatable bonds is 10. The van der Waals surface area contributed by atoms with Gasteiger partial charge in [0, 0.05) is 12.1 Å². The van der Waals surface area contributed by atoms with Crippen LogP contribution in [0.1, 0.15) is 0 Å². The Morgan fingerprint density at radius 3 is 1.43 bits per heavy atom. The van der Waals surface area contributed by atoms with Crippen molar-refractivity contribution in [3.8, 4) is 34.8 Å². The third-order valence-corrected chi connectivity index (χ3v) is 4.47. The van der Waals surface area contributed by atoms with Gasteiger partial charge in [0.05, 0.1) is 13.2 Å². The molecule has 2 aliphatic rings. The fraction of sp³-hybridized carbons (Fsp3) is 0.261. The van der Waals surface area contributed by atoms with Crippen LogP contribution in [0.25, 0.3) is 0 Å². The number of hydrogen-bond donors (Lipinski definition) is 0. The zero-order chi connectivity index (χ0) is 20.2. The Hall–Kier alpha value is -3.29. The molecule has 0 spiro atoms. The molecule has 0 aliphatic carbocycles. The van der Waals surface area contributed by atoms with E-state index in [-0.39, 0.29) is 12.2 Å². The molecule has 2 unspecified atom stereocenters. The zero-order valence-corrected chi connectivity index (χ0v) is 16.2. The first-order valence-electron chi connectivity index (χ1n) is 9.82. The summed E-state index contributed by atoms with van der Waals surface area (Å²) in [7, 11) is 0. The van der Waals surface area contributed by atoms with Crippen molar-refractivity contribution in [3.05, 3.63) is 66.7 Å². The lowest BCUT2D eigenvalue weighted by atomic mass is 10.3. The van der Waals surface area contributed by atoms with E-state index in [0.29, 0.717) is 36.5 Å². The number of aromatic nitrogens is 1. The molecule has 7 nitrogen and oxygen atoms in total. The Balaban J connectivity index is 1.16. The summed E-state index contributed by atoms with van der Waals surface area (Å²) < 4.78 is 33.2. The van der Waals surface area contributed by atoms with Crippen molar-refractivity contribution in [1.82, 2.24) is 4.98 Å². The summed E-state index contributed by atoms with van der Waals surface area (Å²) in [5.41, 5.74) is 0. The summed E-state index contributed by atoms with van der Waals surface area (Å²) >= 11 is 0. The van der Waals surface area contributed by atoms with Crippen molar-refractivity contribution in [2.45, 2.75) is 12.2 Å². The van der Waals surface area contributed by atoms with E-state index in [2.05, 4.69) is 4.98 Å². The van der Waals surface area contributed by atoms with Crippen LogP contribution in [0.5, 0.6) is 34.8 Å². The van der Waals surface area contributed by atoms with Crippen LogP contribution in [-0.2, 0) is 9.47 Å². The minimum absolute atomic E-state index is 0.230. The second kappa shape index (κ2) is 8.61. The quantitative estimate of drug-likeness (QED) is 0.466. The molecule has 3 aromatic rings. The molecule has 1 aromatic heterocycles. The molecule has 0 bridgehead atoms. The summed E-state index contributed by atoms with van der Waals surface area (Å²) in [5, 5.41) is 0. The van der Waals surface area contributed by atoms with E-state index in [0.717, 1.165) is 24.7 Å². The molecule has 30 heavy (non-hydrogen) atoms. The van der Waals surface area contributed by atoms with Crippen molar-refractivity contribution in [2.75, 3.05) is 26.4 Å². The standard InChI is InChI=1S/C23H21NO6/c1-2-22(29-18-8-4-16(5-9-18)25-12-20-14-27-20)24-23(3-1)30-19-10-6-17(7-11-19)26-13-21-15-28-21/h1-11,20-21H,12-15H2. The predicted molar refractivity (Wildman–Crippen MR) is 108 cm³/mol. The summed E-state index contributed by atoms with van der Waals surface area (Å²) in [6.45, 7) is 2.70. The summed E-state index contributed by atoms with van der Waals surface area (Å²) in [6.07, 6.45) is 0.461. The fourth-order valence-corrected chi connectivity index (χ4v) is 2.67. The second-order valence-corrected chi connectivity index (χ2v) is 6.99. The van der Waals surface area contributed by atoms with Crippen LogP contribution < -0.4 is 18.9 Å². The van der Waals surface area contributed by atoms with Crippen LogP contribution in [0.4, 0.5) is 0 Å². The van der Waals surface area contributed by atoms with Gasteiger partial charge in [0.15, 0.2) is 0 Å². The summed E-state index contributed by atoms with van der Waals surface area (Å²) in [4.78, 5) is 4.40. The van der Waals surface area contributed by atoms with Gasteiger partial charge >= 0.3 is 0 Å². The number of hydrogen-bond acceptors (Lipinski definition) is 7. The molecule has 5 rings (SSSR count). The maximum Gasteiger partial charge on any atom is 0.222 e. The lowest BCUT2D eigenvalue weighted by molar-refractivity contribution is 0.263. The molecule has 0 N–H and O–H groups in total. The molecule has 0 saturated carbocycles. The van der Waals surface area contributed by atoms with Crippen molar-refractivity contribution in [1.29, 1.82) is 0 Å². The van der Waals surface area contributed by atoms with Crippen LogP contribution in [0.3, 0.4) is 0 Å². The molecule has 2 aromatic carbocycles. The molecular formula is C23H21NO6. The van der Waals surface area contributed by atoms with Crippen molar-refractivity contribution >= 4 is 0 Å². The van der Waals surface area contributed by atoms with Gasteiger partial charge in [0.2, 0.25) is 11.8 Å². The molecule has 2 fully saturated rings. The van der Waals surface area contributed by atoms with Gasteiger partial charge in [-0.1, -0.05) is 6.07 Å². The van der Waals surface area contributed by atoms with Crippen LogP contribution in [-0.4, -0.2) is 43.6 Å². The lowest BCUT2D eigenvalue weighted by Crippen LogP contribution is -2.03. The molecule has 2 aliphatic heterocycles. The molecule has 3 heterocycles. The zero-order valence-electron chi connectivity index (χ0n) is 16.2. The van der Waals surface area contributed by atoms with Crippen molar-refractivity contribution < 1.29 is 28.4 Å². The van der Waals surface area contributed by atoms with Gasteiger partial charge in [-0.3, -0.25) is 0 Å².